The van der Waals surface area contributed by atoms with Gasteiger partial charge in [-0.3, -0.25) is 9.59 Å². The molecule has 5 heteroatoms. The van der Waals surface area contributed by atoms with E-state index in [1.165, 1.54) is 6.92 Å². The van der Waals surface area contributed by atoms with Crippen molar-refractivity contribution >= 4 is 54.4 Å². The van der Waals surface area contributed by atoms with Crippen molar-refractivity contribution in [3.8, 4) is 5.75 Å². The summed E-state index contributed by atoms with van der Waals surface area (Å²) in [6, 6.07) is 20.8. The van der Waals surface area contributed by atoms with Crippen LogP contribution in [0.25, 0.3) is 10.8 Å². The Hall–Kier alpha value is -1.98. The molecule has 26 heavy (non-hydrogen) atoms. The molecule has 0 bridgehead atoms. The summed E-state index contributed by atoms with van der Waals surface area (Å²) in [5.41, 5.74) is 1.39. The lowest BCUT2D eigenvalue weighted by atomic mass is 9.96. The van der Waals surface area contributed by atoms with E-state index < -0.39 is 10.8 Å². The van der Waals surface area contributed by atoms with Crippen molar-refractivity contribution in [3.05, 3.63) is 77.9 Å². The molecule has 3 aromatic rings. The highest BCUT2D eigenvalue weighted by Gasteiger charge is 2.29. The molecule has 3 nitrogen and oxygen atoms in total. The number of Topliss-reactive ketones (excluding diaryl/α,β-unsaturated/α-hetero) is 1. The molecular formula is C21H16Br2O3. The number of halogens is 2. The molecule has 0 spiro atoms. The van der Waals surface area contributed by atoms with Gasteiger partial charge in [-0.15, -0.1) is 0 Å². The molecule has 2 atom stereocenters. The van der Waals surface area contributed by atoms with Gasteiger partial charge >= 0.3 is 5.97 Å². The Kier molecular flexibility index (Phi) is 5.89. The molecule has 3 rings (SSSR count). The fourth-order valence-corrected chi connectivity index (χ4v) is 3.90. The molecule has 0 heterocycles. The number of carbonyl (C=O) groups is 2. The molecule has 0 saturated carbocycles. The third-order valence-corrected chi connectivity index (χ3v) is 6.73. The van der Waals surface area contributed by atoms with Gasteiger partial charge in [0.05, 0.1) is 15.2 Å². The highest BCUT2D eigenvalue weighted by Crippen LogP contribution is 2.37. The molecular weight excluding hydrogens is 460 g/mol. The van der Waals surface area contributed by atoms with Crippen LogP contribution < -0.4 is 4.74 Å². The van der Waals surface area contributed by atoms with Crippen molar-refractivity contribution in [2.75, 3.05) is 0 Å². The average molecular weight is 476 g/mol. The average Bonchev–Trinajstić information content (AvgIpc) is 2.66. The van der Waals surface area contributed by atoms with Crippen molar-refractivity contribution in [2.24, 2.45) is 0 Å². The van der Waals surface area contributed by atoms with E-state index >= 15 is 0 Å². The molecule has 0 saturated heterocycles. The summed E-state index contributed by atoms with van der Waals surface area (Å²) in [6.07, 6.45) is 0. The van der Waals surface area contributed by atoms with Crippen LogP contribution in [0.5, 0.6) is 5.75 Å². The lowest BCUT2D eigenvalue weighted by molar-refractivity contribution is -0.131. The first-order chi connectivity index (χ1) is 12.5. The summed E-state index contributed by atoms with van der Waals surface area (Å²) in [7, 11) is 0. The molecule has 0 radical (unpaired) electrons. The molecule has 0 amide bonds. The van der Waals surface area contributed by atoms with Crippen molar-refractivity contribution in [2.45, 2.75) is 16.6 Å². The minimum absolute atomic E-state index is 0.149. The van der Waals surface area contributed by atoms with Gasteiger partial charge in [-0.05, 0) is 22.4 Å². The zero-order chi connectivity index (χ0) is 18.7. The first kappa shape index (κ1) is 18.8. The normalized spacial score (nSPS) is 13.2. The van der Waals surface area contributed by atoms with E-state index in [2.05, 4.69) is 31.9 Å². The minimum atomic E-state index is -0.523. The maximum atomic E-state index is 13.3. The van der Waals surface area contributed by atoms with E-state index in [1.807, 2.05) is 60.7 Å². The summed E-state index contributed by atoms with van der Waals surface area (Å²) >= 11 is 7.14. The second-order valence-corrected chi connectivity index (χ2v) is 7.80. The standard InChI is InChI=1S/C21H16Br2O3/c1-13(24)26-17-12-11-14-7-5-6-10-16(14)18(17)21(25)20(23)19(22)15-8-3-2-4-9-15/h2-12,19-20H,1H3. The Bertz CT molecular complexity index is 954. The van der Waals surface area contributed by atoms with E-state index in [-0.39, 0.29) is 16.4 Å². The van der Waals surface area contributed by atoms with Crippen LogP contribution in [0.4, 0.5) is 0 Å². The van der Waals surface area contributed by atoms with Crippen molar-refractivity contribution in [3.63, 3.8) is 0 Å². The predicted molar refractivity (Wildman–Crippen MR) is 110 cm³/mol. The number of carbonyl (C=O) groups excluding carboxylic acids is 2. The predicted octanol–water partition coefficient (Wildman–Crippen LogP) is 5.85. The minimum Gasteiger partial charge on any atom is -0.426 e. The van der Waals surface area contributed by atoms with Gasteiger partial charge in [0.1, 0.15) is 5.75 Å². The summed E-state index contributed by atoms with van der Waals surface area (Å²) in [4.78, 5) is 24.1. The summed E-state index contributed by atoms with van der Waals surface area (Å²) in [5.74, 6) is -0.332. The van der Waals surface area contributed by atoms with E-state index in [0.29, 0.717) is 5.56 Å². The maximum absolute atomic E-state index is 13.3. The Morgan fingerprint density at radius 2 is 1.54 bits per heavy atom. The van der Waals surface area contributed by atoms with Crippen molar-refractivity contribution in [1.29, 1.82) is 0 Å². The Labute approximate surface area is 168 Å². The van der Waals surface area contributed by atoms with E-state index in [4.69, 9.17) is 4.74 Å². The van der Waals surface area contributed by atoms with Gasteiger partial charge in [-0.25, -0.2) is 0 Å². The van der Waals surface area contributed by atoms with Crippen LogP contribution in [0.15, 0.2) is 66.7 Å². The van der Waals surface area contributed by atoms with Crippen LogP contribution in [0.2, 0.25) is 0 Å². The summed E-state index contributed by atoms with van der Waals surface area (Å²) < 4.78 is 5.31. The van der Waals surface area contributed by atoms with E-state index in [1.54, 1.807) is 6.07 Å². The molecule has 0 aromatic heterocycles. The van der Waals surface area contributed by atoms with Crippen LogP contribution >= 0.6 is 31.9 Å². The second kappa shape index (κ2) is 8.14. The zero-order valence-electron chi connectivity index (χ0n) is 14.0. The van der Waals surface area contributed by atoms with E-state index in [9.17, 15) is 9.59 Å². The summed E-state index contributed by atoms with van der Waals surface area (Å²) in [6.45, 7) is 1.33. The van der Waals surface area contributed by atoms with Gasteiger partial charge < -0.3 is 4.74 Å². The van der Waals surface area contributed by atoms with Crippen molar-refractivity contribution in [1.82, 2.24) is 0 Å². The van der Waals surface area contributed by atoms with Crippen molar-refractivity contribution < 1.29 is 14.3 Å². The van der Waals surface area contributed by atoms with Crippen LogP contribution in [-0.4, -0.2) is 16.6 Å². The molecule has 0 aliphatic rings. The number of hydrogen-bond donors (Lipinski definition) is 0. The number of fused-ring (bicyclic) bond motifs is 1. The van der Waals surface area contributed by atoms with Crippen LogP contribution in [-0.2, 0) is 4.79 Å². The lowest BCUT2D eigenvalue weighted by Crippen LogP contribution is -2.21. The maximum Gasteiger partial charge on any atom is 0.308 e. The molecule has 3 aromatic carbocycles. The SMILES string of the molecule is CC(=O)Oc1ccc2ccccc2c1C(=O)C(Br)C(Br)c1ccccc1. The Balaban J connectivity index is 2.07. The van der Waals surface area contributed by atoms with Gasteiger partial charge in [0.2, 0.25) is 0 Å². The molecule has 0 fully saturated rings. The Morgan fingerprint density at radius 3 is 2.23 bits per heavy atom. The number of ketones is 1. The van der Waals surface area contributed by atoms with Crippen LogP contribution in [0.3, 0.4) is 0 Å². The molecule has 132 valence electrons. The first-order valence-corrected chi connectivity index (χ1v) is 9.89. The van der Waals surface area contributed by atoms with E-state index in [0.717, 1.165) is 16.3 Å². The fourth-order valence-electron chi connectivity index (χ4n) is 2.82. The molecule has 2 unspecified atom stereocenters. The highest BCUT2D eigenvalue weighted by atomic mass is 79.9. The van der Waals surface area contributed by atoms with Crippen LogP contribution in [0, 0.1) is 0 Å². The smallest absolute Gasteiger partial charge is 0.308 e. The molecule has 0 aliphatic carbocycles. The highest BCUT2D eigenvalue weighted by molar-refractivity contribution is 9.12. The number of benzene rings is 3. The van der Waals surface area contributed by atoms with Gasteiger partial charge in [0.25, 0.3) is 0 Å². The second-order valence-electron chi connectivity index (χ2n) is 5.83. The third kappa shape index (κ3) is 3.89. The monoisotopic (exact) mass is 474 g/mol. The van der Waals surface area contributed by atoms with Gasteiger partial charge in [-0.1, -0.05) is 92.5 Å². The number of ether oxygens (including phenoxy) is 1. The number of alkyl halides is 2. The quantitative estimate of drug-likeness (QED) is 0.201. The largest absolute Gasteiger partial charge is 0.426 e. The third-order valence-electron chi connectivity index (χ3n) is 4.02. The van der Waals surface area contributed by atoms with Gasteiger partial charge in [0.15, 0.2) is 5.78 Å². The number of hydrogen-bond acceptors (Lipinski definition) is 3. The number of rotatable bonds is 5. The first-order valence-electron chi connectivity index (χ1n) is 8.06. The number of esters is 1. The lowest BCUT2D eigenvalue weighted by Gasteiger charge is -2.19. The van der Waals surface area contributed by atoms with Gasteiger partial charge in [-0.2, -0.15) is 0 Å². The summed E-state index contributed by atoms with van der Waals surface area (Å²) in [5, 5.41) is 1.67. The molecule has 0 aliphatic heterocycles. The van der Waals surface area contributed by atoms with Gasteiger partial charge in [0, 0.05) is 6.92 Å². The fraction of sp³-hybridized carbons (Fsp3) is 0.143. The molecule has 0 N–H and O–H groups in total. The van der Waals surface area contributed by atoms with Crippen LogP contribution in [0.1, 0.15) is 27.7 Å². The zero-order valence-corrected chi connectivity index (χ0v) is 17.2. The Morgan fingerprint density at radius 1 is 0.885 bits per heavy atom. The topological polar surface area (TPSA) is 43.4 Å².